The number of piperazine rings is 1. The number of nitrogens with zero attached hydrogens (tertiary/aromatic N) is 2. The minimum Gasteiger partial charge on any atom is -0.394 e. The van der Waals surface area contributed by atoms with Crippen molar-refractivity contribution in [3.63, 3.8) is 0 Å². The Kier molecular flexibility index (Phi) is 12.4. The molecule has 1 heterocycles. The van der Waals surface area contributed by atoms with Gasteiger partial charge in [-0.3, -0.25) is 14.6 Å². The Labute approximate surface area is 148 Å². The molecule has 1 atom stereocenters. The third-order valence-corrected chi connectivity index (χ3v) is 4.85. The second kappa shape index (κ2) is 13.8. The summed E-state index contributed by atoms with van der Waals surface area (Å²) in [6.07, 6.45) is 10.2. The van der Waals surface area contributed by atoms with Gasteiger partial charge in [-0.2, -0.15) is 0 Å². The maximum Gasteiger partial charge on any atom is 0.146 e. The molecule has 1 saturated heterocycles. The number of hydrogen-bond donors (Lipinski definition) is 2. The van der Waals surface area contributed by atoms with Gasteiger partial charge in [0.15, 0.2) is 0 Å². The van der Waals surface area contributed by atoms with E-state index >= 15 is 0 Å². The zero-order valence-electron chi connectivity index (χ0n) is 15.6. The van der Waals surface area contributed by atoms with Crippen LogP contribution >= 0.6 is 0 Å². The Hall–Kier alpha value is -0.490. The average molecular weight is 343 g/mol. The van der Waals surface area contributed by atoms with Crippen molar-refractivity contribution in [1.82, 2.24) is 9.80 Å². The highest BCUT2D eigenvalue weighted by atomic mass is 16.3. The van der Waals surface area contributed by atoms with Crippen molar-refractivity contribution in [3.8, 4) is 0 Å². The number of β-amino-alcohol motifs (C(OH)–C–C–N with tert-alkyl or cyclic N) is 1. The molecule has 1 aliphatic heterocycles. The standard InChI is InChI=1S/C19H38N2O3/c1-2-3-4-5-6-7-8-9-10-18(23)15-20-11-13-21(14-12-20)16-19(24)17-22/h19,22,24H,2-17H2,1H3. The number of carbonyl (C=O) groups is 1. The number of hydrogen-bond acceptors (Lipinski definition) is 5. The SMILES string of the molecule is CCCCCCCCCCC(=O)CN1CCN(CC(O)CO)CC1. The monoisotopic (exact) mass is 342 g/mol. The predicted molar refractivity (Wildman–Crippen MR) is 98.2 cm³/mol. The van der Waals surface area contributed by atoms with Crippen molar-refractivity contribution in [2.75, 3.05) is 45.9 Å². The van der Waals surface area contributed by atoms with Crippen LogP contribution in [0.15, 0.2) is 0 Å². The summed E-state index contributed by atoms with van der Waals surface area (Å²) >= 11 is 0. The molecule has 0 amide bonds. The molecule has 1 aliphatic rings. The first-order valence-electron chi connectivity index (χ1n) is 9.91. The Morgan fingerprint density at radius 3 is 2.04 bits per heavy atom. The summed E-state index contributed by atoms with van der Waals surface area (Å²) in [7, 11) is 0. The molecule has 1 rings (SSSR count). The molecule has 142 valence electrons. The third-order valence-electron chi connectivity index (χ3n) is 4.85. The number of aliphatic hydroxyl groups excluding tert-OH is 2. The molecular formula is C19H38N2O3. The largest absolute Gasteiger partial charge is 0.394 e. The quantitative estimate of drug-likeness (QED) is 0.473. The first kappa shape index (κ1) is 21.6. The van der Waals surface area contributed by atoms with E-state index < -0.39 is 6.10 Å². The Bertz CT molecular complexity index is 318. The number of ketones is 1. The molecule has 5 nitrogen and oxygen atoms in total. The van der Waals surface area contributed by atoms with Crippen LogP contribution in [0.1, 0.15) is 64.7 Å². The van der Waals surface area contributed by atoms with Gasteiger partial charge in [-0.1, -0.05) is 51.9 Å². The molecular weight excluding hydrogens is 304 g/mol. The topological polar surface area (TPSA) is 64.0 Å². The lowest BCUT2D eigenvalue weighted by Gasteiger charge is -2.35. The van der Waals surface area contributed by atoms with E-state index in [1.807, 2.05) is 0 Å². The normalized spacial score (nSPS) is 18.0. The minimum absolute atomic E-state index is 0.183. The molecule has 0 aromatic carbocycles. The van der Waals surface area contributed by atoms with E-state index in [-0.39, 0.29) is 6.61 Å². The first-order chi connectivity index (χ1) is 11.7. The fourth-order valence-electron chi connectivity index (χ4n) is 3.27. The van der Waals surface area contributed by atoms with Gasteiger partial charge in [0.25, 0.3) is 0 Å². The highest BCUT2D eigenvalue weighted by Gasteiger charge is 2.20. The van der Waals surface area contributed by atoms with E-state index in [4.69, 9.17) is 5.11 Å². The van der Waals surface area contributed by atoms with Crippen LogP contribution in [0.5, 0.6) is 0 Å². The fraction of sp³-hybridized carbons (Fsp3) is 0.947. The lowest BCUT2D eigenvalue weighted by Crippen LogP contribution is -2.50. The molecule has 0 aromatic rings. The Morgan fingerprint density at radius 2 is 1.46 bits per heavy atom. The van der Waals surface area contributed by atoms with Gasteiger partial charge in [-0.05, 0) is 6.42 Å². The van der Waals surface area contributed by atoms with E-state index in [2.05, 4.69) is 16.7 Å². The molecule has 0 radical (unpaired) electrons. The van der Waals surface area contributed by atoms with Crippen LogP contribution in [0, 0.1) is 0 Å². The smallest absolute Gasteiger partial charge is 0.146 e. The first-order valence-corrected chi connectivity index (χ1v) is 9.91. The van der Waals surface area contributed by atoms with Crippen LogP contribution in [-0.4, -0.2) is 77.8 Å². The summed E-state index contributed by atoms with van der Waals surface area (Å²) in [5, 5.41) is 18.3. The average Bonchev–Trinajstić information content (AvgIpc) is 2.59. The van der Waals surface area contributed by atoms with Gasteiger partial charge in [0.05, 0.1) is 19.3 Å². The van der Waals surface area contributed by atoms with Crippen LogP contribution in [0.2, 0.25) is 0 Å². The van der Waals surface area contributed by atoms with Gasteiger partial charge < -0.3 is 10.2 Å². The molecule has 0 aromatic heterocycles. The molecule has 0 aliphatic carbocycles. The molecule has 0 spiro atoms. The summed E-state index contributed by atoms with van der Waals surface area (Å²) in [4.78, 5) is 16.4. The lowest BCUT2D eigenvalue weighted by molar-refractivity contribution is -0.120. The van der Waals surface area contributed by atoms with E-state index in [1.54, 1.807) is 0 Å². The van der Waals surface area contributed by atoms with Crippen molar-refractivity contribution in [1.29, 1.82) is 0 Å². The number of carbonyl (C=O) groups excluding carboxylic acids is 1. The van der Waals surface area contributed by atoms with Crippen LogP contribution < -0.4 is 0 Å². The van der Waals surface area contributed by atoms with Crippen molar-refractivity contribution >= 4 is 5.78 Å². The Morgan fingerprint density at radius 1 is 0.917 bits per heavy atom. The van der Waals surface area contributed by atoms with Crippen molar-refractivity contribution < 1.29 is 15.0 Å². The highest BCUT2D eigenvalue weighted by Crippen LogP contribution is 2.10. The summed E-state index contributed by atoms with van der Waals surface area (Å²) in [6, 6.07) is 0. The number of rotatable bonds is 14. The summed E-state index contributed by atoms with van der Waals surface area (Å²) in [5.41, 5.74) is 0. The minimum atomic E-state index is -0.653. The molecule has 0 bridgehead atoms. The molecule has 24 heavy (non-hydrogen) atoms. The second-order valence-corrected chi connectivity index (χ2v) is 7.18. The lowest BCUT2D eigenvalue weighted by atomic mass is 10.1. The van der Waals surface area contributed by atoms with Crippen LogP contribution in [0.4, 0.5) is 0 Å². The van der Waals surface area contributed by atoms with Crippen LogP contribution in [0.3, 0.4) is 0 Å². The van der Waals surface area contributed by atoms with Gasteiger partial charge in [-0.15, -0.1) is 0 Å². The van der Waals surface area contributed by atoms with Crippen LogP contribution in [-0.2, 0) is 4.79 Å². The second-order valence-electron chi connectivity index (χ2n) is 7.18. The van der Waals surface area contributed by atoms with Gasteiger partial charge >= 0.3 is 0 Å². The molecule has 1 unspecified atom stereocenters. The Balaban J connectivity index is 1.98. The van der Waals surface area contributed by atoms with Gasteiger partial charge in [0.2, 0.25) is 0 Å². The van der Waals surface area contributed by atoms with E-state index in [0.717, 1.165) is 39.0 Å². The number of unbranched alkanes of at least 4 members (excludes halogenated alkanes) is 7. The number of Topliss-reactive ketones (excluding diaryl/α,β-unsaturated/α-hetero) is 1. The van der Waals surface area contributed by atoms with Gasteiger partial charge in [0.1, 0.15) is 5.78 Å². The zero-order valence-corrected chi connectivity index (χ0v) is 15.6. The van der Waals surface area contributed by atoms with Crippen LogP contribution in [0.25, 0.3) is 0 Å². The maximum atomic E-state index is 12.1. The van der Waals surface area contributed by atoms with Crippen molar-refractivity contribution in [2.24, 2.45) is 0 Å². The summed E-state index contributed by atoms with van der Waals surface area (Å²) < 4.78 is 0. The summed E-state index contributed by atoms with van der Waals surface area (Å²) in [5.74, 6) is 0.366. The van der Waals surface area contributed by atoms with Crippen molar-refractivity contribution in [3.05, 3.63) is 0 Å². The van der Waals surface area contributed by atoms with E-state index in [0.29, 0.717) is 18.9 Å². The molecule has 2 N–H and O–H groups in total. The van der Waals surface area contributed by atoms with E-state index in [9.17, 15) is 9.90 Å². The third kappa shape index (κ3) is 10.4. The van der Waals surface area contributed by atoms with E-state index in [1.165, 1.54) is 44.9 Å². The van der Waals surface area contributed by atoms with Crippen molar-refractivity contribution in [2.45, 2.75) is 70.8 Å². The summed E-state index contributed by atoms with van der Waals surface area (Å²) in [6.45, 7) is 6.64. The molecule has 5 heteroatoms. The zero-order chi connectivity index (χ0) is 17.6. The van der Waals surface area contributed by atoms with Gasteiger partial charge in [-0.25, -0.2) is 0 Å². The van der Waals surface area contributed by atoms with Gasteiger partial charge in [0, 0.05) is 39.1 Å². The maximum absolute atomic E-state index is 12.1. The molecule has 0 saturated carbocycles. The number of aliphatic hydroxyl groups is 2. The highest BCUT2D eigenvalue weighted by molar-refractivity contribution is 5.80. The fourth-order valence-corrected chi connectivity index (χ4v) is 3.27. The predicted octanol–water partition coefficient (Wildman–Crippen LogP) is 2.06. The molecule has 1 fully saturated rings.